The van der Waals surface area contributed by atoms with Crippen LogP contribution < -0.4 is 5.32 Å². The number of nitrogens with one attached hydrogen (secondary N) is 1. The summed E-state index contributed by atoms with van der Waals surface area (Å²) in [5.74, 6) is -1.93. The van der Waals surface area contributed by atoms with Crippen LogP contribution in [0.3, 0.4) is 0 Å². The van der Waals surface area contributed by atoms with Crippen LogP contribution >= 0.6 is 0 Å². The fraction of sp³-hybridized carbons (Fsp3) is 0.318. The van der Waals surface area contributed by atoms with Gasteiger partial charge in [0.2, 0.25) is 5.91 Å². The highest BCUT2D eigenvalue weighted by atomic mass is 19.4. The molecule has 0 bridgehead atoms. The van der Waals surface area contributed by atoms with Crippen LogP contribution in [-0.2, 0) is 17.4 Å². The molecule has 0 unspecified atom stereocenters. The number of halogens is 5. The zero-order chi connectivity index (χ0) is 21.8. The first-order valence-electron chi connectivity index (χ1n) is 9.17. The lowest BCUT2D eigenvalue weighted by Gasteiger charge is -2.14. The molecule has 0 fully saturated rings. The maximum absolute atomic E-state index is 13.7. The lowest BCUT2D eigenvalue weighted by atomic mass is 9.99. The van der Waals surface area contributed by atoms with Crippen molar-refractivity contribution in [2.24, 2.45) is 0 Å². The van der Waals surface area contributed by atoms with Crippen LogP contribution in [0.25, 0.3) is 6.08 Å². The molecule has 0 aliphatic heterocycles. The van der Waals surface area contributed by atoms with Gasteiger partial charge in [-0.15, -0.1) is 0 Å². The highest BCUT2D eigenvalue weighted by Gasteiger charge is 2.30. The highest BCUT2D eigenvalue weighted by molar-refractivity contribution is 5.92. The fourth-order valence-electron chi connectivity index (χ4n) is 2.86. The maximum Gasteiger partial charge on any atom is 0.416 e. The van der Waals surface area contributed by atoms with Crippen molar-refractivity contribution in [1.82, 2.24) is 5.32 Å². The van der Waals surface area contributed by atoms with Crippen molar-refractivity contribution < 1.29 is 26.7 Å². The lowest BCUT2D eigenvalue weighted by molar-refractivity contribution is -0.137. The number of benzene rings is 2. The van der Waals surface area contributed by atoms with E-state index in [1.165, 1.54) is 25.1 Å². The van der Waals surface area contributed by atoms with Gasteiger partial charge in [-0.1, -0.05) is 19.4 Å². The number of rotatable bonds is 6. The first kappa shape index (κ1) is 22.6. The Labute approximate surface area is 166 Å². The number of alkyl halides is 3. The number of hydrogen-bond donors (Lipinski definition) is 1. The molecule has 0 radical (unpaired) electrons. The van der Waals surface area contributed by atoms with Gasteiger partial charge in [0.25, 0.3) is 0 Å². The Kier molecular flexibility index (Phi) is 7.16. The van der Waals surface area contributed by atoms with Gasteiger partial charge in [0.15, 0.2) is 0 Å². The first-order chi connectivity index (χ1) is 13.5. The summed E-state index contributed by atoms with van der Waals surface area (Å²) in [6.45, 7) is 4.75. The molecule has 2 rings (SSSR count). The molecule has 156 valence electrons. The van der Waals surface area contributed by atoms with Gasteiger partial charge >= 0.3 is 6.18 Å². The number of carbonyl (C=O) groups is 1. The third-order valence-corrected chi connectivity index (χ3v) is 4.57. The molecule has 1 atom stereocenters. The second-order valence-corrected chi connectivity index (χ2v) is 6.83. The van der Waals surface area contributed by atoms with Crippen LogP contribution in [0, 0.1) is 18.6 Å². The maximum atomic E-state index is 13.7. The predicted octanol–water partition coefficient (Wildman–Crippen LogP) is 6.14. The van der Waals surface area contributed by atoms with Crippen molar-refractivity contribution in [1.29, 1.82) is 0 Å². The van der Waals surface area contributed by atoms with E-state index in [4.69, 9.17) is 0 Å². The zero-order valence-electron chi connectivity index (χ0n) is 16.3. The molecule has 2 aromatic rings. The molecule has 0 aliphatic rings. The fourth-order valence-corrected chi connectivity index (χ4v) is 2.86. The summed E-state index contributed by atoms with van der Waals surface area (Å²) in [7, 11) is 0. The van der Waals surface area contributed by atoms with E-state index in [9.17, 15) is 26.7 Å². The van der Waals surface area contributed by atoms with E-state index in [0.29, 0.717) is 24.0 Å². The van der Waals surface area contributed by atoms with E-state index in [0.717, 1.165) is 24.3 Å². The summed E-state index contributed by atoms with van der Waals surface area (Å²) < 4.78 is 66.1. The second kappa shape index (κ2) is 9.20. The number of hydrogen-bond acceptors (Lipinski definition) is 1. The Morgan fingerprint density at radius 1 is 1.14 bits per heavy atom. The lowest BCUT2D eigenvalue weighted by Crippen LogP contribution is -2.25. The quantitative estimate of drug-likeness (QED) is 0.449. The van der Waals surface area contributed by atoms with Gasteiger partial charge in [-0.3, -0.25) is 4.79 Å². The number of aryl methyl sites for hydroxylation is 1. The van der Waals surface area contributed by atoms with E-state index >= 15 is 0 Å². The Balaban J connectivity index is 2.16. The average molecular weight is 411 g/mol. The molecular weight excluding hydrogens is 389 g/mol. The third kappa shape index (κ3) is 5.89. The van der Waals surface area contributed by atoms with Gasteiger partial charge in [0.05, 0.1) is 11.6 Å². The van der Waals surface area contributed by atoms with Gasteiger partial charge in [-0.25, -0.2) is 8.78 Å². The van der Waals surface area contributed by atoms with E-state index in [-0.39, 0.29) is 11.1 Å². The van der Waals surface area contributed by atoms with Gasteiger partial charge in [-0.05, 0) is 67.3 Å². The summed E-state index contributed by atoms with van der Waals surface area (Å²) >= 11 is 0. The standard InChI is InChI=1S/C22H22F5NO/c1-4-5-16-10-18(22(25,26)27)8-6-15(16)7-9-21(29)28-14(3)17-11-19(23)13(2)20(24)12-17/h6-12,14H,4-5H2,1-3H3,(H,28,29)/b9-7+/t14-/m1/s1. The summed E-state index contributed by atoms with van der Waals surface area (Å²) in [4.78, 5) is 12.2. The molecular formula is C22H22F5NO. The van der Waals surface area contributed by atoms with E-state index in [1.54, 1.807) is 6.92 Å². The van der Waals surface area contributed by atoms with Crippen molar-refractivity contribution in [3.8, 4) is 0 Å². The normalized spacial score (nSPS) is 13.0. The van der Waals surface area contributed by atoms with Gasteiger partial charge in [-0.2, -0.15) is 13.2 Å². The molecule has 0 aromatic heterocycles. The first-order valence-corrected chi connectivity index (χ1v) is 9.17. The molecule has 1 N–H and O–H groups in total. The topological polar surface area (TPSA) is 29.1 Å². The van der Waals surface area contributed by atoms with Crippen molar-refractivity contribution in [3.05, 3.63) is 75.9 Å². The van der Waals surface area contributed by atoms with Gasteiger partial charge in [0.1, 0.15) is 11.6 Å². The van der Waals surface area contributed by atoms with Crippen LogP contribution in [0.1, 0.15) is 54.1 Å². The Morgan fingerprint density at radius 3 is 2.31 bits per heavy atom. The summed E-state index contributed by atoms with van der Waals surface area (Å²) in [6, 6.07) is 5.04. The smallest absolute Gasteiger partial charge is 0.346 e. The average Bonchev–Trinajstić information content (AvgIpc) is 2.64. The molecule has 0 spiro atoms. The number of carbonyl (C=O) groups excluding carboxylic acids is 1. The minimum Gasteiger partial charge on any atom is -0.346 e. The van der Waals surface area contributed by atoms with Crippen molar-refractivity contribution >= 4 is 12.0 Å². The molecule has 7 heteroatoms. The minimum absolute atomic E-state index is 0.0991. The SMILES string of the molecule is CCCc1cc(C(F)(F)F)ccc1/C=C/C(=O)N[C@H](C)c1cc(F)c(C)c(F)c1. The van der Waals surface area contributed by atoms with Crippen LogP contribution in [0.4, 0.5) is 22.0 Å². The molecule has 0 aliphatic carbocycles. The van der Waals surface area contributed by atoms with Crippen LogP contribution in [0.2, 0.25) is 0 Å². The van der Waals surface area contributed by atoms with Crippen molar-refractivity contribution in [2.75, 3.05) is 0 Å². The number of amides is 1. The van der Waals surface area contributed by atoms with Gasteiger partial charge < -0.3 is 5.32 Å². The Bertz CT molecular complexity index is 895. The summed E-state index contributed by atoms with van der Waals surface area (Å²) in [5, 5.41) is 2.59. The Morgan fingerprint density at radius 2 is 1.76 bits per heavy atom. The minimum atomic E-state index is -4.43. The van der Waals surface area contributed by atoms with E-state index in [2.05, 4.69) is 5.32 Å². The molecule has 0 saturated carbocycles. The molecule has 1 amide bonds. The van der Waals surface area contributed by atoms with Crippen LogP contribution in [0.15, 0.2) is 36.4 Å². The van der Waals surface area contributed by atoms with Crippen molar-refractivity contribution in [2.45, 2.75) is 45.8 Å². The molecule has 2 nitrogen and oxygen atoms in total. The van der Waals surface area contributed by atoms with Crippen LogP contribution in [-0.4, -0.2) is 5.91 Å². The monoisotopic (exact) mass is 411 g/mol. The van der Waals surface area contributed by atoms with Gasteiger partial charge in [0, 0.05) is 11.6 Å². The van der Waals surface area contributed by atoms with Crippen molar-refractivity contribution in [3.63, 3.8) is 0 Å². The molecule has 0 saturated heterocycles. The Hall–Kier alpha value is -2.70. The molecule has 29 heavy (non-hydrogen) atoms. The van der Waals surface area contributed by atoms with E-state index < -0.39 is 35.3 Å². The molecule has 2 aromatic carbocycles. The second-order valence-electron chi connectivity index (χ2n) is 6.83. The highest BCUT2D eigenvalue weighted by Crippen LogP contribution is 2.31. The van der Waals surface area contributed by atoms with E-state index in [1.807, 2.05) is 6.92 Å². The summed E-state index contributed by atoms with van der Waals surface area (Å²) in [5.41, 5.74) is 0.434. The predicted molar refractivity (Wildman–Crippen MR) is 102 cm³/mol. The molecule has 0 heterocycles. The largest absolute Gasteiger partial charge is 0.416 e. The zero-order valence-corrected chi connectivity index (χ0v) is 16.3. The summed E-state index contributed by atoms with van der Waals surface area (Å²) in [6.07, 6.45) is -0.724. The third-order valence-electron chi connectivity index (χ3n) is 4.57. The van der Waals surface area contributed by atoms with Crippen LogP contribution in [0.5, 0.6) is 0 Å².